The molecule has 1 atom stereocenters. The molecule has 0 aliphatic carbocycles. The van der Waals surface area contributed by atoms with Gasteiger partial charge < -0.3 is 4.74 Å². The number of hydrogen-bond donors (Lipinski definition) is 0. The van der Waals surface area contributed by atoms with Crippen LogP contribution in [-0.4, -0.2) is 18.9 Å². The van der Waals surface area contributed by atoms with Crippen molar-refractivity contribution in [1.82, 2.24) is 0 Å². The molecule has 108 valence electrons. The summed E-state index contributed by atoms with van der Waals surface area (Å²) in [4.78, 5) is 24.1. The maximum absolute atomic E-state index is 13.0. The van der Waals surface area contributed by atoms with Crippen molar-refractivity contribution in [2.45, 2.75) is 12.3 Å². The van der Waals surface area contributed by atoms with E-state index in [0.29, 0.717) is 11.1 Å². The van der Waals surface area contributed by atoms with Crippen molar-refractivity contribution >= 4 is 11.8 Å². The maximum Gasteiger partial charge on any atom is 0.313 e. The lowest BCUT2D eigenvalue weighted by Crippen LogP contribution is -2.18. The quantitative estimate of drug-likeness (QED) is 0.625. The van der Waals surface area contributed by atoms with E-state index in [2.05, 4.69) is 0 Å². The van der Waals surface area contributed by atoms with E-state index in [1.54, 1.807) is 24.3 Å². The fraction of sp³-hybridized carbons (Fsp3) is 0.176. The minimum atomic E-state index is -0.733. The second-order valence-electron chi connectivity index (χ2n) is 4.62. The number of esters is 1. The first-order chi connectivity index (χ1) is 10.1. The van der Waals surface area contributed by atoms with Crippen LogP contribution in [0, 0.1) is 5.82 Å². The molecule has 0 aliphatic heterocycles. The molecule has 0 N–H and O–H groups in total. The van der Waals surface area contributed by atoms with Gasteiger partial charge in [0.1, 0.15) is 5.82 Å². The Labute approximate surface area is 122 Å². The van der Waals surface area contributed by atoms with Gasteiger partial charge in [0.2, 0.25) is 0 Å². The molecule has 0 aromatic heterocycles. The van der Waals surface area contributed by atoms with Crippen LogP contribution in [0.1, 0.15) is 28.3 Å². The predicted octanol–water partition coefficient (Wildman–Crippen LogP) is 3.36. The van der Waals surface area contributed by atoms with Crippen LogP contribution in [0.2, 0.25) is 0 Å². The highest BCUT2D eigenvalue weighted by atomic mass is 19.1. The number of ketones is 1. The molecule has 0 saturated heterocycles. The third kappa shape index (κ3) is 3.75. The van der Waals surface area contributed by atoms with Gasteiger partial charge in [-0.2, -0.15) is 0 Å². The van der Waals surface area contributed by atoms with E-state index in [0.717, 1.165) is 0 Å². The van der Waals surface area contributed by atoms with E-state index in [4.69, 9.17) is 4.74 Å². The van der Waals surface area contributed by atoms with Crippen LogP contribution in [0.15, 0.2) is 54.6 Å². The second-order valence-corrected chi connectivity index (χ2v) is 4.62. The van der Waals surface area contributed by atoms with E-state index in [1.807, 2.05) is 6.07 Å². The first-order valence-electron chi connectivity index (χ1n) is 6.53. The Hall–Kier alpha value is -2.49. The molecule has 0 bridgehead atoms. The molecule has 4 heteroatoms. The molecule has 2 aromatic rings. The zero-order valence-corrected chi connectivity index (χ0v) is 11.6. The number of rotatable bonds is 5. The van der Waals surface area contributed by atoms with E-state index in [9.17, 15) is 14.0 Å². The molecule has 21 heavy (non-hydrogen) atoms. The van der Waals surface area contributed by atoms with Crippen molar-refractivity contribution in [3.8, 4) is 0 Å². The van der Waals surface area contributed by atoms with Gasteiger partial charge in [-0.1, -0.05) is 42.5 Å². The van der Waals surface area contributed by atoms with Gasteiger partial charge in [0.15, 0.2) is 5.78 Å². The smallest absolute Gasteiger partial charge is 0.313 e. The predicted molar refractivity (Wildman–Crippen MR) is 76.5 cm³/mol. The van der Waals surface area contributed by atoms with E-state index >= 15 is 0 Å². The Kier molecular flexibility index (Phi) is 4.82. The van der Waals surface area contributed by atoms with Gasteiger partial charge >= 0.3 is 5.97 Å². The van der Waals surface area contributed by atoms with Gasteiger partial charge in [0.25, 0.3) is 0 Å². The number of hydrogen-bond acceptors (Lipinski definition) is 3. The summed E-state index contributed by atoms with van der Waals surface area (Å²) >= 11 is 0. The van der Waals surface area contributed by atoms with Crippen molar-refractivity contribution in [3.63, 3.8) is 0 Å². The van der Waals surface area contributed by atoms with E-state index in [1.165, 1.54) is 31.4 Å². The van der Waals surface area contributed by atoms with Gasteiger partial charge in [0.05, 0.1) is 13.0 Å². The molecule has 2 aromatic carbocycles. The largest absolute Gasteiger partial charge is 0.469 e. The van der Waals surface area contributed by atoms with Crippen LogP contribution < -0.4 is 0 Å². The minimum absolute atomic E-state index is 0.0116. The standard InChI is InChI=1S/C17H15FO3/c1-21-17(20)15(12-7-9-14(18)10-8-12)11-16(19)13-5-3-2-4-6-13/h2-10,15H,11H2,1H3/t15-/m1/s1. The fourth-order valence-corrected chi connectivity index (χ4v) is 2.10. The lowest BCUT2D eigenvalue weighted by atomic mass is 9.91. The molecule has 0 heterocycles. The molecule has 0 unspecified atom stereocenters. The van der Waals surface area contributed by atoms with Crippen molar-refractivity contribution in [1.29, 1.82) is 0 Å². The summed E-state index contributed by atoms with van der Waals surface area (Å²) in [6, 6.07) is 14.2. The molecule has 2 rings (SSSR count). The molecule has 0 aliphatic rings. The summed E-state index contributed by atoms with van der Waals surface area (Å²) in [7, 11) is 1.27. The normalized spacial score (nSPS) is 11.7. The SMILES string of the molecule is COC(=O)[C@H](CC(=O)c1ccccc1)c1ccc(F)cc1. The fourth-order valence-electron chi connectivity index (χ4n) is 2.10. The number of halogens is 1. The Balaban J connectivity index is 2.23. The average molecular weight is 286 g/mol. The highest BCUT2D eigenvalue weighted by molar-refractivity contribution is 5.99. The molecule has 0 fully saturated rings. The monoisotopic (exact) mass is 286 g/mol. The van der Waals surface area contributed by atoms with Gasteiger partial charge in [-0.05, 0) is 17.7 Å². The number of ether oxygens (including phenoxy) is 1. The van der Waals surface area contributed by atoms with Crippen LogP contribution in [0.5, 0.6) is 0 Å². The molecule has 0 amide bonds. The summed E-state index contributed by atoms with van der Waals surface area (Å²) in [6.07, 6.45) is -0.0116. The second kappa shape index (κ2) is 6.79. The summed E-state index contributed by atoms with van der Waals surface area (Å²) in [5.74, 6) is -1.79. The van der Waals surface area contributed by atoms with Gasteiger partial charge in [-0.15, -0.1) is 0 Å². The Morgan fingerprint density at radius 2 is 1.67 bits per heavy atom. The number of Topliss-reactive ketones (excluding diaryl/α,β-unsaturated/α-hetero) is 1. The van der Waals surface area contributed by atoms with Crippen LogP contribution in [0.25, 0.3) is 0 Å². The Bertz CT molecular complexity index is 620. The van der Waals surface area contributed by atoms with Crippen LogP contribution in [0.3, 0.4) is 0 Å². The Morgan fingerprint density at radius 1 is 1.05 bits per heavy atom. The van der Waals surface area contributed by atoms with Crippen LogP contribution in [0.4, 0.5) is 4.39 Å². The van der Waals surface area contributed by atoms with E-state index < -0.39 is 17.7 Å². The van der Waals surface area contributed by atoms with Crippen molar-refractivity contribution in [2.75, 3.05) is 7.11 Å². The lowest BCUT2D eigenvalue weighted by molar-refractivity contribution is -0.142. The molecule has 0 spiro atoms. The molecular formula is C17H15FO3. The zero-order chi connectivity index (χ0) is 15.2. The third-order valence-electron chi connectivity index (χ3n) is 3.24. The highest BCUT2D eigenvalue weighted by Crippen LogP contribution is 2.23. The summed E-state index contributed by atoms with van der Waals surface area (Å²) in [5, 5.41) is 0. The zero-order valence-electron chi connectivity index (χ0n) is 11.6. The van der Waals surface area contributed by atoms with Crippen molar-refractivity contribution < 1.29 is 18.7 Å². The molecule has 0 radical (unpaired) electrons. The lowest BCUT2D eigenvalue weighted by Gasteiger charge is -2.14. The Morgan fingerprint density at radius 3 is 2.24 bits per heavy atom. The first kappa shape index (κ1) is 14.9. The minimum Gasteiger partial charge on any atom is -0.469 e. The summed E-state index contributed by atoms with van der Waals surface area (Å²) in [5.41, 5.74) is 1.10. The number of carbonyl (C=O) groups excluding carboxylic acids is 2. The van der Waals surface area contributed by atoms with Gasteiger partial charge in [-0.3, -0.25) is 9.59 Å². The van der Waals surface area contributed by atoms with Crippen molar-refractivity contribution in [3.05, 3.63) is 71.5 Å². The van der Waals surface area contributed by atoms with Crippen LogP contribution >= 0.6 is 0 Å². The van der Waals surface area contributed by atoms with E-state index in [-0.39, 0.29) is 12.2 Å². The van der Waals surface area contributed by atoms with Crippen LogP contribution in [-0.2, 0) is 9.53 Å². The molecule has 3 nitrogen and oxygen atoms in total. The topological polar surface area (TPSA) is 43.4 Å². The first-order valence-corrected chi connectivity index (χ1v) is 6.53. The van der Waals surface area contributed by atoms with Gasteiger partial charge in [-0.25, -0.2) is 4.39 Å². The maximum atomic E-state index is 13.0. The third-order valence-corrected chi connectivity index (χ3v) is 3.24. The molecular weight excluding hydrogens is 271 g/mol. The highest BCUT2D eigenvalue weighted by Gasteiger charge is 2.25. The van der Waals surface area contributed by atoms with Crippen molar-refractivity contribution in [2.24, 2.45) is 0 Å². The number of benzene rings is 2. The summed E-state index contributed by atoms with van der Waals surface area (Å²) in [6.45, 7) is 0. The number of carbonyl (C=O) groups is 2. The average Bonchev–Trinajstić information content (AvgIpc) is 2.53. The molecule has 0 saturated carbocycles. The summed E-state index contributed by atoms with van der Waals surface area (Å²) < 4.78 is 17.7. The van der Waals surface area contributed by atoms with Gasteiger partial charge in [0, 0.05) is 12.0 Å². The number of methoxy groups -OCH3 is 1.